The highest BCUT2D eigenvalue weighted by Gasteiger charge is 2.17. The Morgan fingerprint density at radius 1 is 1.00 bits per heavy atom. The number of hydrogen-bond donors (Lipinski definition) is 0. The molecule has 0 aliphatic carbocycles. The standard InChI is InChI=1S/C14H7BrF4O/c15-13-10(1-2-11(18)14(13)19)12(20)5-7-3-8(16)6-9(17)4-7/h1-4,6H,5H2. The van der Waals surface area contributed by atoms with Gasteiger partial charge < -0.3 is 0 Å². The van der Waals surface area contributed by atoms with Crippen LogP contribution < -0.4 is 0 Å². The van der Waals surface area contributed by atoms with Crippen molar-refractivity contribution in [3.05, 3.63) is 69.2 Å². The van der Waals surface area contributed by atoms with Gasteiger partial charge in [0.1, 0.15) is 11.6 Å². The van der Waals surface area contributed by atoms with E-state index in [1.54, 1.807) is 0 Å². The molecule has 0 fully saturated rings. The van der Waals surface area contributed by atoms with Crippen molar-refractivity contribution in [3.63, 3.8) is 0 Å². The smallest absolute Gasteiger partial charge is 0.173 e. The number of carbonyl (C=O) groups excluding carboxylic acids is 1. The minimum atomic E-state index is -1.18. The molecule has 0 saturated heterocycles. The molecule has 0 heterocycles. The van der Waals surface area contributed by atoms with Gasteiger partial charge in [-0.15, -0.1) is 0 Å². The number of ketones is 1. The van der Waals surface area contributed by atoms with E-state index in [2.05, 4.69) is 15.9 Å². The number of Topliss-reactive ketones (excluding diaryl/α,β-unsaturated/α-hetero) is 1. The van der Waals surface area contributed by atoms with Crippen LogP contribution in [0.3, 0.4) is 0 Å². The number of rotatable bonds is 3. The van der Waals surface area contributed by atoms with Crippen molar-refractivity contribution in [1.82, 2.24) is 0 Å². The van der Waals surface area contributed by atoms with E-state index in [1.807, 2.05) is 0 Å². The second-order valence-electron chi connectivity index (χ2n) is 4.10. The summed E-state index contributed by atoms with van der Waals surface area (Å²) in [5, 5.41) is 0. The molecule has 0 saturated carbocycles. The van der Waals surface area contributed by atoms with Gasteiger partial charge in [0.25, 0.3) is 0 Å². The number of halogens is 5. The van der Waals surface area contributed by atoms with Gasteiger partial charge in [-0.1, -0.05) is 0 Å². The lowest BCUT2D eigenvalue weighted by atomic mass is 10.0. The Bertz CT molecular complexity index is 665. The molecule has 0 aliphatic rings. The van der Waals surface area contributed by atoms with Crippen LogP contribution >= 0.6 is 15.9 Å². The molecule has 0 aliphatic heterocycles. The van der Waals surface area contributed by atoms with Crippen LogP contribution in [-0.4, -0.2) is 5.78 Å². The van der Waals surface area contributed by atoms with Crippen LogP contribution in [-0.2, 0) is 6.42 Å². The van der Waals surface area contributed by atoms with Crippen LogP contribution in [0.4, 0.5) is 17.6 Å². The Morgan fingerprint density at radius 3 is 2.20 bits per heavy atom. The first-order valence-corrected chi connectivity index (χ1v) is 6.29. The lowest BCUT2D eigenvalue weighted by Crippen LogP contribution is -2.07. The van der Waals surface area contributed by atoms with Crippen molar-refractivity contribution in [2.45, 2.75) is 6.42 Å². The van der Waals surface area contributed by atoms with E-state index in [0.717, 1.165) is 24.3 Å². The van der Waals surface area contributed by atoms with E-state index in [0.29, 0.717) is 6.07 Å². The van der Waals surface area contributed by atoms with Crippen molar-refractivity contribution >= 4 is 21.7 Å². The summed E-state index contributed by atoms with van der Waals surface area (Å²) < 4.78 is 52.0. The van der Waals surface area contributed by atoms with Crippen LogP contribution in [0.15, 0.2) is 34.8 Å². The normalized spacial score (nSPS) is 10.7. The molecule has 2 aromatic rings. The molecular formula is C14H7BrF4O. The molecule has 20 heavy (non-hydrogen) atoms. The summed E-state index contributed by atoms with van der Waals surface area (Å²) in [6.45, 7) is 0. The topological polar surface area (TPSA) is 17.1 Å². The molecular weight excluding hydrogens is 340 g/mol. The molecule has 2 aromatic carbocycles. The molecule has 0 bridgehead atoms. The second-order valence-corrected chi connectivity index (χ2v) is 4.89. The molecule has 0 unspecified atom stereocenters. The van der Waals surface area contributed by atoms with Gasteiger partial charge in [0, 0.05) is 18.1 Å². The Labute approximate surface area is 120 Å². The van der Waals surface area contributed by atoms with Crippen molar-refractivity contribution in [2.24, 2.45) is 0 Å². The molecule has 0 N–H and O–H groups in total. The van der Waals surface area contributed by atoms with E-state index < -0.39 is 29.1 Å². The van der Waals surface area contributed by atoms with Crippen molar-refractivity contribution in [2.75, 3.05) is 0 Å². The summed E-state index contributed by atoms with van der Waals surface area (Å²) in [5.74, 6) is -4.47. The van der Waals surface area contributed by atoms with Crippen molar-refractivity contribution in [1.29, 1.82) is 0 Å². The van der Waals surface area contributed by atoms with Gasteiger partial charge in [0.15, 0.2) is 17.4 Å². The van der Waals surface area contributed by atoms with Crippen molar-refractivity contribution < 1.29 is 22.4 Å². The van der Waals surface area contributed by atoms with Crippen LogP contribution in [0.5, 0.6) is 0 Å². The Kier molecular flexibility index (Phi) is 4.23. The van der Waals surface area contributed by atoms with Gasteiger partial charge in [0.2, 0.25) is 0 Å². The highest BCUT2D eigenvalue weighted by atomic mass is 79.9. The second kappa shape index (κ2) is 5.75. The average molecular weight is 347 g/mol. The minimum Gasteiger partial charge on any atom is -0.294 e. The highest BCUT2D eigenvalue weighted by Crippen LogP contribution is 2.24. The van der Waals surface area contributed by atoms with Gasteiger partial charge in [-0.3, -0.25) is 4.79 Å². The monoisotopic (exact) mass is 346 g/mol. The zero-order valence-electron chi connectivity index (χ0n) is 9.89. The van der Waals surface area contributed by atoms with Crippen LogP contribution in [0, 0.1) is 23.3 Å². The summed E-state index contributed by atoms with van der Waals surface area (Å²) >= 11 is 2.79. The first-order valence-electron chi connectivity index (χ1n) is 5.50. The van der Waals surface area contributed by atoms with E-state index in [1.165, 1.54) is 0 Å². The minimum absolute atomic E-state index is 0.0893. The SMILES string of the molecule is O=C(Cc1cc(F)cc(F)c1)c1ccc(F)c(F)c1Br. The number of benzene rings is 2. The molecule has 0 spiro atoms. The van der Waals surface area contributed by atoms with Crippen LogP contribution in [0.1, 0.15) is 15.9 Å². The van der Waals surface area contributed by atoms with Gasteiger partial charge in [-0.2, -0.15) is 0 Å². The van der Waals surface area contributed by atoms with Crippen molar-refractivity contribution in [3.8, 4) is 0 Å². The van der Waals surface area contributed by atoms with Crippen LogP contribution in [0.25, 0.3) is 0 Å². The first-order chi connectivity index (χ1) is 9.38. The molecule has 0 amide bonds. The fourth-order valence-electron chi connectivity index (χ4n) is 1.73. The Hall–Kier alpha value is -1.69. The molecule has 104 valence electrons. The predicted octanol–water partition coefficient (Wildman–Crippen LogP) is 4.43. The van der Waals surface area contributed by atoms with E-state index in [4.69, 9.17) is 0 Å². The fourth-order valence-corrected chi connectivity index (χ4v) is 2.28. The quantitative estimate of drug-likeness (QED) is 0.456. The largest absolute Gasteiger partial charge is 0.294 e. The maximum Gasteiger partial charge on any atom is 0.173 e. The third-order valence-electron chi connectivity index (χ3n) is 2.62. The molecule has 0 aromatic heterocycles. The third kappa shape index (κ3) is 3.07. The summed E-state index contributed by atoms with van der Waals surface area (Å²) in [6.07, 6.45) is -0.321. The van der Waals surface area contributed by atoms with E-state index in [9.17, 15) is 22.4 Å². The predicted molar refractivity (Wildman–Crippen MR) is 68.5 cm³/mol. The zero-order chi connectivity index (χ0) is 14.9. The van der Waals surface area contributed by atoms with E-state index >= 15 is 0 Å². The lowest BCUT2D eigenvalue weighted by molar-refractivity contribution is 0.0991. The molecule has 0 radical (unpaired) electrons. The fraction of sp³-hybridized carbons (Fsp3) is 0.0714. The average Bonchev–Trinajstić information content (AvgIpc) is 2.34. The van der Waals surface area contributed by atoms with Gasteiger partial charge in [-0.05, 0) is 45.8 Å². The highest BCUT2D eigenvalue weighted by molar-refractivity contribution is 9.10. The maximum atomic E-state index is 13.3. The Morgan fingerprint density at radius 2 is 1.60 bits per heavy atom. The first kappa shape index (κ1) is 14.7. The summed E-state index contributed by atoms with van der Waals surface area (Å²) in [5.41, 5.74) is 0.0257. The molecule has 2 rings (SSSR count). The van der Waals surface area contributed by atoms with E-state index in [-0.39, 0.29) is 22.0 Å². The lowest BCUT2D eigenvalue weighted by Gasteiger charge is -2.06. The summed E-state index contributed by atoms with van der Waals surface area (Å²) in [6, 6.07) is 4.63. The molecule has 1 nitrogen and oxygen atoms in total. The summed E-state index contributed by atoms with van der Waals surface area (Å²) in [4.78, 5) is 12.0. The zero-order valence-corrected chi connectivity index (χ0v) is 11.5. The van der Waals surface area contributed by atoms with Crippen LogP contribution in [0.2, 0.25) is 0 Å². The number of hydrogen-bond acceptors (Lipinski definition) is 1. The Balaban J connectivity index is 2.31. The third-order valence-corrected chi connectivity index (χ3v) is 3.40. The molecule has 6 heteroatoms. The van der Waals surface area contributed by atoms with Gasteiger partial charge >= 0.3 is 0 Å². The maximum absolute atomic E-state index is 13.3. The van der Waals surface area contributed by atoms with Gasteiger partial charge in [-0.25, -0.2) is 17.6 Å². The molecule has 0 atom stereocenters. The summed E-state index contributed by atoms with van der Waals surface area (Å²) in [7, 11) is 0. The number of carbonyl (C=O) groups is 1. The van der Waals surface area contributed by atoms with Gasteiger partial charge in [0.05, 0.1) is 4.47 Å².